The first-order valence-electron chi connectivity index (χ1n) is 11.4. The third kappa shape index (κ3) is 5.30. The van der Waals surface area contributed by atoms with Crippen molar-refractivity contribution in [1.29, 1.82) is 0 Å². The number of sulfone groups is 1. The molecule has 2 atom stereocenters. The number of nitrogens with zero attached hydrogens (tertiary/aromatic N) is 6. The first-order valence-corrected chi connectivity index (χ1v) is 13.2. The molecule has 0 saturated heterocycles. The largest absolute Gasteiger partial charge is 0.494 e. The van der Waals surface area contributed by atoms with Crippen molar-refractivity contribution in [3.05, 3.63) is 71.7 Å². The summed E-state index contributed by atoms with van der Waals surface area (Å²) in [7, 11) is -0.966. The highest BCUT2D eigenvalue weighted by Gasteiger charge is 2.34. The molecule has 1 aromatic carbocycles. The average molecular weight is 525 g/mol. The van der Waals surface area contributed by atoms with Crippen LogP contribution in [0.4, 0.5) is 0 Å². The van der Waals surface area contributed by atoms with E-state index in [1.54, 1.807) is 35.8 Å². The third-order valence-electron chi connectivity index (χ3n) is 5.88. The van der Waals surface area contributed by atoms with Crippen LogP contribution in [-0.2, 0) is 15.6 Å². The van der Waals surface area contributed by atoms with E-state index in [4.69, 9.17) is 9.47 Å². The Balaban J connectivity index is 1.83. The number of para-hydroxylation sites is 1. The van der Waals surface area contributed by atoms with E-state index in [1.807, 2.05) is 19.1 Å². The fourth-order valence-electron chi connectivity index (χ4n) is 3.80. The van der Waals surface area contributed by atoms with Crippen LogP contribution < -0.4 is 9.47 Å². The molecule has 0 spiro atoms. The summed E-state index contributed by atoms with van der Waals surface area (Å²) in [6.45, 7) is 5.06. The van der Waals surface area contributed by atoms with Gasteiger partial charge in [-0.2, -0.15) is 0 Å². The Morgan fingerprint density at radius 3 is 2.19 bits per heavy atom. The smallest absolute Gasteiger partial charge is 0.187 e. The maximum absolute atomic E-state index is 13.5. The van der Waals surface area contributed by atoms with Gasteiger partial charge in [-0.3, -0.25) is 4.57 Å². The monoisotopic (exact) mass is 524 g/mol. The first kappa shape index (κ1) is 26.2. The van der Waals surface area contributed by atoms with Crippen molar-refractivity contribution in [2.24, 2.45) is 0 Å². The zero-order valence-electron chi connectivity index (χ0n) is 21.2. The number of aromatic nitrogens is 6. The molecule has 4 rings (SSSR count). The molecule has 0 radical (unpaired) electrons. The summed E-state index contributed by atoms with van der Waals surface area (Å²) in [6, 6.07) is 10.6. The molecule has 0 amide bonds. The van der Waals surface area contributed by atoms with Gasteiger partial charge in [-0.15, -0.1) is 10.2 Å². The predicted octanol–water partition coefficient (Wildman–Crippen LogP) is 2.79. The van der Waals surface area contributed by atoms with Crippen LogP contribution in [0.15, 0.2) is 48.8 Å². The van der Waals surface area contributed by atoms with Crippen LogP contribution in [0.25, 0.3) is 17.2 Å². The molecule has 0 unspecified atom stereocenters. The number of aliphatic hydroxyl groups excluding tert-OH is 1. The minimum atomic E-state index is -3.97. The summed E-state index contributed by atoms with van der Waals surface area (Å²) in [6.07, 6.45) is 1.62. The van der Waals surface area contributed by atoms with Crippen molar-refractivity contribution in [2.45, 2.75) is 37.9 Å². The van der Waals surface area contributed by atoms with E-state index in [1.165, 1.54) is 33.5 Å². The van der Waals surface area contributed by atoms with E-state index >= 15 is 0 Å². The summed E-state index contributed by atoms with van der Waals surface area (Å²) in [5, 5.41) is 18.1. The molecule has 0 aliphatic heterocycles. The van der Waals surface area contributed by atoms with E-state index in [2.05, 4.69) is 25.1 Å². The van der Waals surface area contributed by atoms with Crippen LogP contribution in [0.5, 0.6) is 11.5 Å². The normalized spacial score (nSPS) is 13.2. The zero-order valence-corrected chi connectivity index (χ0v) is 22.0. The van der Waals surface area contributed by atoms with Gasteiger partial charge >= 0.3 is 0 Å². The molecule has 4 aromatic rings. The van der Waals surface area contributed by atoms with E-state index in [0.717, 1.165) is 11.3 Å². The number of aliphatic hydroxyl groups is 1. The number of ether oxygens (including phenoxy) is 2. The summed E-state index contributed by atoms with van der Waals surface area (Å²) < 4.78 is 39.7. The molecular weight excluding hydrogens is 496 g/mol. The van der Waals surface area contributed by atoms with Gasteiger partial charge in [0, 0.05) is 18.1 Å². The maximum atomic E-state index is 13.5. The van der Waals surface area contributed by atoms with Crippen LogP contribution in [0.1, 0.15) is 35.9 Å². The maximum Gasteiger partial charge on any atom is 0.187 e. The Bertz CT molecular complexity index is 1480. The standard InChI is InChI=1S/C25H28N6O5S/c1-15-12-26-24(27-13-15)23(32)17(3)37(33,34)14-21-29-30-25(18-9-6-8-16(2)28-18)31(21)22-19(35-4)10-7-11-20(22)36-5/h6-13,17,23,32H,14H2,1-5H3/t17-,23+/m0/s1. The molecule has 3 aromatic heterocycles. The fourth-order valence-corrected chi connectivity index (χ4v) is 5.13. The van der Waals surface area contributed by atoms with Crippen LogP contribution in [0.3, 0.4) is 0 Å². The molecule has 3 heterocycles. The number of pyridine rings is 1. The number of rotatable bonds is 9. The third-order valence-corrected chi connectivity index (χ3v) is 7.93. The highest BCUT2D eigenvalue weighted by Crippen LogP contribution is 2.36. The van der Waals surface area contributed by atoms with Crippen molar-refractivity contribution < 1.29 is 23.0 Å². The number of hydrogen-bond acceptors (Lipinski definition) is 10. The van der Waals surface area contributed by atoms with E-state index in [-0.39, 0.29) is 11.6 Å². The molecule has 11 nitrogen and oxygen atoms in total. The molecule has 0 bridgehead atoms. The van der Waals surface area contributed by atoms with Crippen LogP contribution in [0, 0.1) is 13.8 Å². The van der Waals surface area contributed by atoms with E-state index in [9.17, 15) is 13.5 Å². The zero-order chi connectivity index (χ0) is 26.7. The summed E-state index contributed by atoms with van der Waals surface area (Å²) in [4.78, 5) is 12.7. The second kappa shape index (κ2) is 10.6. The summed E-state index contributed by atoms with van der Waals surface area (Å²) in [5.74, 6) is 0.758. The average Bonchev–Trinajstić information content (AvgIpc) is 3.29. The van der Waals surface area contributed by atoms with Gasteiger partial charge in [-0.05, 0) is 50.6 Å². The van der Waals surface area contributed by atoms with Gasteiger partial charge in [0.2, 0.25) is 0 Å². The van der Waals surface area contributed by atoms with Crippen LogP contribution in [0.2, 0.25) is 0 Å². The lowest BCUT2D eigenvalue weighted by Gasteiger charge is -2.20. The van der Waals surface area contributed by atoms with Crippen molar-refractivity contribution >= 4 is 9.84 Å². The lowest BCUT2D eigenvalue weighted by molar-refractivity contribution is 0.166. The second-order valence-corrected chi connectivity index (χ2v) is 10.9. The summed E-state index contributed by atoms with van der Waals surface area (Å²) >= 11 is 0. The number of hydrogen-bond donors (Lipinski definition) is 1. The highest BCUT2D eigenvalue weighted by molar-refractivity contribution is 7.91. The minimum absolute atomic E-state index is 0.0270. The Morgan fingerprint density at radius 2 is 1.59 bits per heavy atom. The number of aryl methyl sites for hydroxylation is 2. The molecule has 37 heavy (non-hydrogen) atoms. The van der Waals surface area contributed by atoms with Gasteiger partial charge in [0.1, 0.15) is 34.7 Å². The number of methoxy groups -OCH3 is 2. The van der Waals surface area contributed by atoms with Crippen molar-refractivity contribution in [2.75, 3.05) is 14.2 Å². The Labute approximate surface area is 215 Å². The molecule has 0 fully saturated rings. The SMILES string of the molecule is COc1cccc(OC)c1-n1c(CS(=O)(=O)[C@@H](C)[C@@H](O)c2ncc(C)cn2)nnc1-c1cccc(C)n1. The first-order chi connectivity index (χ1) is 17.7. The number of benzene rings is 1. The highest BCUT2D eigenvalue weighted by atomic mass is 32.2. The topological polar surface area (TPSA) is 142 Å². The van der Waals surface area contributed by atoms with Gasteiger partial charge < -0.3 is 14.6 Å². The molecule has 0 aliphatic rings. The van der Waals surface area contributed by atoms with Crippen molar-refractivity contribution in [1.82, 2.24) is 29.7 Å². The van der Waals surface area contributed by atoms with Crippen LogP contribution >= 0.6 is 0 Å². The van der Waals surface area contributed by atoms with Crippen molar-refractivity contribution in [3.63, 3.8) is 0 Å². The molecule has 194 valence electrons. The van der Waals surface area contributed by atoms with Gasteiger partial charge in [-0.1, -0.05) is 12.1 Å². The molecule has 0 saturated carbocycles. The van der Waals surface area contributed by atoms with Gasteiger partial charge in [-0.25, -0.2) is 23.4 Å². The fraction of sp³-hybridized carbons (Fsp3) is 0.320. The van der Waals surface area contributed by atoms with Crippen molar-refractivity contribution in [3.8, 4) is 28.7 Å². The predicted molar refractivity (Wildman–Crippen MR) is 136 cm³/mol. The Morgan fingerprint density at radius 1 is 0.973 bits per heavy atom. The lowest BCUT2D eigenvalue weighted by Crippen LogP contribution is -2.29. The lowest BCUT2D eigenvalue weighted by atomic mass is 10.2. The molecular formula is C25H28N6O5S. The van der Waals surface area contributed by atoms with Gasteiger partial charge in [0.25, 0.3) is 0 Å². The molecule has 0 aliphatic carbocycles. The quantitative estimate of drug-likeness (QED) is 0.347. The van der Waals surface area contributed by atoms with E-state index in [0.29, 0.717) is 28.7 Å². The van der Waals surface area contributed by atoms with Crippen LogP contribution in [-0.4, -0.2) is 62.7 Å². The summed E-state index contributed by atoms with van der Waals surface area (Å²) in [5.41, 5.74) is 2.46. The van der Waals surface area contributed by atoms with Gasteiger partial charge in [0.15, 0.2) is 27.3 Å². The van der Waals surface area contributed by atoms with Gasteiger partial charge in [0.05, 0.1) is 19.5 Å². The minimum Gasteiger partial charge on any atom is -0.494 e. The molecule has 12 heteroatoms. The van der Waals surface area contributed by atoms with E-state index < -0.39 is 26.9 Å². The molecule has 1 N–H and O–H groups in total. The Kier molecular flexibility index (Phi) is 7.50. The Hall–Kier alpha value is -3.90. The second-order valence-electron chi connectivity index (χ2n) is 8.53.